The van der Waals surface area contributed by atoms with Gasteiger partial charge in [0.25, 0.3) is 0 Å². The molecule has 2 amide bonds. The molecule has 7 nitrogen and oxygen atoms in total. The van der Waals surface area contributed by atoms with Gasteiger partial charge in [-0.2, -0.15) is 0 Å². The lowest BCUT2D eigenvalue weighted by Crippen LogP contribution is -2.53. The second-order valence-electron chi connectivity index (χ2n) is 5.78. The lowest BCUT2D eigenvalue weighted by Gasteiger charge is -2.24. The predicted molar refractivity (Wildman–Crippen MR) is 84.1 cm³/mol. The molecule has 7 heteroatoms. The van der Waals surface area contributed by atoms with Crippen LogP contribution in [0.25, 0.3) is 0 Å². The zero-order valence-electron chi connectivity index (χ0n) is 13.7. The second kappa shape index (κ2) is 11.0. The molecule has 0 aliphatic carbocycles. The molecule has 0 saturated carbocycles. The summed E-state index contributed by atoms with van der Waals surface area (Å²) in [4.78, 5) is 34.2. The van der Waals surface area contributed by atoms with E-state index in [1.807, 2.05) is 13.8 Å². The molecule has 0 rings (SSSR count). The van der Waals surface area contributed by atoms with Crippen LogP contribution >= 0.6 is 0 Å². The minimum absolute atomic E-state index is 0.00292. The van der Waals surface area contributed by atoms with Crippen LogP contribution in [0, 0.1) is 5.92 Å². The van der Waals surface area contributed by atoms with Crippen LogP contribution in [-0.2, 0) is 14.4 Å². The third-order valence-electron chi connectivity index (χ3n) is 3.40. The summed E-state index contributed by atoms with van der Waals surface area (Å²) in [5.41, 5.74) is 5.22. The first-order valence-electron chi connectivity index (χ1n) is 7.84. The molecular weight excluding hydrogens is 286 g/mol. The summed E-state index contributed by atoms with van der Waals surface area (Å²) < 4.78 is 0. The number of carboxylic acid groups (broad SMARTS) is 1. The number of rotatable bonds is 12. The number of amides is 2. The molecule has 0 unspecified atom stereocenters. The third-order valence-corrected chi connectivity index (χ3v) is 3.40. The largest absolute Gasteiger partial charge is 0.481 e. The summed E-state index contributed by atoms with van der Waals surface area (Å²) in [5, 5.41) is 14.4. The van der Waals surface area contributed by atoms with Crippen molar-refractivity contribution in [3.8, 4) is 0 Å². The molecule has 5 N–H and O–H groups in total. The maximum atomic E-state index is 12.3. The Balaban J connectivity index is 4.55. The molecule has 0 bridgehead atoms. The van der Waals surface area contributed by atoms with Crippen molar-refractivity contribution in [1.29, 1.82) is 0 Å². The van der Waals surface area contributed by atoms with Crippen molar-refractivity contribution in [2.75, 3.05) is 6.54 Å². The van der Waals surface area contributed by atoms with Crippen LogP contribution < -0.4 is 16.4 Å². The lowest BCUT2D eigenvalue weighted by atomic mass is 10.0. The van der Waals surface area contributed by atoms with Gasteiger partial charge in [-0.05, 0) is 25.3 Å². The first-order chi connectivity index (χ1) is 10.3. The normalized spacial score (nSPS) is 13.6. The van der Waals surface area contributed by atoms with Gasteiger partial charge in [-0.15, -0.1) is 0 Å². The van der Waals surface area contributed by atoms with Crippen molar-refractivity contribution < 1.29 is 19.5 Å². The van der Waals surface area contributed by atoms with Crippen molar-refractivity contribution in [2.24, 2.45) is 11.7 Å². The number of aliphatic carboxylic acids is 1. The van der Waals surface area contributed by atoms with Gasteiger partial charge >= 0.3 is 5.97 Å². The summed E-state index contributed by atoms with van der Waals surface area (Å²) in [6.07, 6.45) is 2.94. The Morgan fingerprint density at radius 3 is 2.27 bits per heavy atom. The first kappa shape index (κ1) is 20.4. The van der Waals surface area contributed by atoms with E-state index in [0.29, 0.717) is 0 Å². The summed E-state index contributed by atoms with van der Waals surface area (Å²) in [7, 11) is 0. The van der Waals surface area contributed by atoms with Crippen LogP contribution in [0.2, 0.25) is 0 Å². The molecule has 0 aliphatic heterocycles. The summed E-state index contributed by atoms with van der Waals surface area (Å²) in [6.45, 7) is 6.65. The van der Waals surface area contributed by atoms with Crippen LogP contribution in [0.15, 0.2) is 0 Å². The molecule has 0 radical (unpaired) electrons. The number of hydrogen-bond acceptors (Lipinski definition) is 4. The molecule has 0 aromatic carbocycles. The first-order valence-corrected chi connectivity index (χ1v) is 7.84. The van der Waals surface area contributed by atoms with Crippen molar-refractivity contribution in [3.05, 3.63) is 0 Å². The van der Waals surface area contributed by atoms with Gasteiger partial charge in [-0.3, -0.25) is 14.4 Å². The van der Waals surface area contributed by atoms with Crippen molar-refractivity contribution in [2.45, 2.75) is 65.0 Å². The molecule has 0 heterocycles. The van der Waals surface area contributed by atoms with E-state index in [4.69, 9.17) is 10.8 Å². The molecule has 0 spiro atoms. The number of carbonyl (C=O) groups excluding carboxylic acids is 2. The van der Waals surface area contributed by atoms with Crippen molar-refractivity contribution in [3.63, 3.8) is 0 Å². The van der Waals surface area contributed by atoms with Gasteiger partial charge in [0.15, 0.2) is 0 Å². The van der Waals surface area contributed by atoms with E-state index >= 15 is 0 Å². The molecule has 128 valence electrons. The quantitative estimate of drug-likeness (QED) is 0.393. The highest BCUT2D eigenvalue weighted by Crippen LogP contribution is 2.05. The van der Waals surface area contributed by atoms with Crippen LogP contribution in [0.1, 0.15) is 52.9 Å². The Kier molecular flexibility index (Phi) is 10.2. The van der Waals surface area contributed by atoms with Gasteiger partial charge < -0.3 is 21.5 Å². The van der Waals surface area contributed by atoms with Crippen LogP contribution in [-0.4, -0.2) is 41.5 Å². The lowest BCUT2D eigenvalue weighted by molar-refractivity contribution is -0.138. The number of primary amides is 1. The number of nitrogens with one attached hydrogen (secondary N) is 2. The smallest absolute Gasteiger partial charge is 0.303 e. The average molecular weight is 315 g/mol. The Morgan fingerprint density at radius 2 is 1.82 bits per heavy atom. The van der Waals surface area contributed by atoms with Crippen LogP contribution in [0.3, 0.4) is 0 Å². The van der Waals surface area contributed by atoms with Crippen molar-refractivity contribution >= 4 is 17.8 Å². The van der Waals surface area contributed by atoms with Crippen molar-refractivity contribution in [1.82, 2.24) is 10.6 Å². The zero-order valence-corrected chi connectivity index (χ0v) is 13.7. The maximum Gasteiger partial charge on any atom is 0.303 e. The molecular formula is C15H29N3O4. The van der Waals surface area contributed by atoms with Gasteiger partial charge in [-0.1, -0.05) is 33.6 Å². The Labute approximate surface area is 132 Å². The Hall–Kier alpha value is -1.63. The monoisotopic (exact) mass is 315 g/mol. The minimum Gasteiger partial charge on any atom is -0.481 e. The standard InChI is InChI=1S/C15H29N3O4/c1-4-5-6-9-17-13(10(2)3)15(22)18-11(14(16)21)7-8-12(19)20/h10-11,13,17H,4-9H2,1-3H3,(H2,16,21)(H,18,22)(H,19,20)/t11-,13+/m1/s1. The summed E-state index contributed by atoms with van der Waals surface area (Å²) >= 11 is 0. The van der Waals surface area contributed by atoms with Gasteiger partial charge in [0.2, 0.25) is 11.8 Å². The molecule has 0 saturated heterocycles. The number of nitrogens with two attached hydrogens (primary N) is 1. The molecule has 22 heavy (non-hydrogen) atoms. The van der Waals surface area contributed by atoms with E-state index < -0.39 is 24.0 Å². The van der Waals surface area contributed by atoms with Gasteiger partial charge in [-0.25, -0.2) is 0 Å². The van der Waals surface area contributed by atoms with E-state index in [9.17, 15) is 14.4 Å². The third kappa shape index (κ3) is 8.61. The number of carbonyl (C=O) groups is 3. The highest BCUT2D eigenvalue weighted by atomic mass is 16.4. The number of unbranched alkanes of at least 4 members (excludes halogenated alkanes) is 2. The van der Waals surface area contributed by atoms with E-state index in [0.717, 1.165) is 25.8 Å². The zero-order chi connectivity index (χ0) is 17.1. The molecule has 0 aliphatic rings. The van der Waals surface area contributed by atoms with E-state index in [1.165, 1.54) is 0 Å². The van der Waals surface area contributed by atoms with Gasteiger partial charge in [0.05, 0.1) is 6.04 Å². The molecule has 0 fully saturated rings. The predicted octanol–water partition coefficient (Wildman–Crippen LogP) is 0.626. The minimum atomic E-state index is -1.03. The fourth-order valence-corrected chi connectivity index (χ4v) is 2.08. The van der Waals surface area contributed by atoms with Crippen LogP contribution in [0.4, 0.5) is 0 Å². The molecule has 0 aromatic heterocycles. The van der Waals surface area contributed by atoms with Gasteiger partial charge in [0.1, 0.15) is 6.04 Å². The number of carboxylic acids is 1. The van der Waals surface area contributed by atoms with Gasteiger partial charge in [0, 0.05) is 6.42 Å². The maximum absolute atomic E-state index is 12.3. The fourth-order valence-electron chi connectivity index (χ4n) is 2.08. The molecule has 0 aromatic rings. The highest BCUT2D eigenvalue weighted by Gasteiger charge is 2.26. The summed E-state index contributed by atoms with van der Waals surface area (Å²) in [5.74, 6) is -2.02. The fraction of sp³-hybridized carbons (Fsp3) is 0.800. The Bertz CT molecular complexity index is 372. The second-order valence-corrected chi connectivity index (χ2v) is 5.78. The van der Waals surface area contributed by atoms with Crippen LogP contribution in [0.5, 0.6) is 0 Å². The molecule has 2 atom stereocenters. The summed E-state index contributed by atoms with van der Waals surface area (Å²) in [6, 6.07) is -1.38. The number of hydrogen-bond donors (Lipinski definition) is 4. The highest BCUT2D eigenvalue weighted by molar-refractivity contribution is 5.89. The van der Waals surface area contributed by atoms with E-state index in [1.54, 1.807) is 0 Å². The Morgan fingerprint density at radius 1 is 1.18 bits per heavy atom. The topological polar surface area (TPSA) is 122 Å². The average Bonchev–Trinajstić information content (AvgIpc) is 2.42. The van der Waals surface area contributed by atoms with E-state index in [2.05, 4.69) is 17.6 Å². The van der Waals surface area contributed by atoms with E-state index in [-0.39, 0.29) is 24.7 Å². The SMILES string of the molecule is CCCCCN[C@H](C(=O)N[C@H](CCC(=O)O)C(N)=O)C(C)C.